The van der Waals surface area contributed by atoms with E-state index in [1.54, 1.807) is 11.3 Å². The molecule has 18 heavy (non-hydrogen) atoms. The lowest BCUT2D eigenvalue weighted by Gasteiger charge is -2.35. The number of rotatable bonds is 2. The molecular formula is C14H18N2OS. The summed E-state index contributed by atoms with van der Waals surface area (Å²) in [5, 5.41) is 15.2. The number of aromatic nitrogens is 1. The largest absolute Gasteiger partial charge is 0.383 e. The van der Waals surface area contributed by atoms with Crippen molar-refractivity contribution >= 4 is 21.6 Å². The fourth-order valence-corrected chi connectivity index (χ4v) is 3.71. The lowest BCUT2D eigenvalue weighted by molar-refractivity contribution is -0.00942. The van der Waals surface area contributed by atoms with Crippen LogP contribution in [0.5, 0.6) is 0 Å². The molecular weight excluding hydrogens is 244 g/mol. The van der Waals surface area contributed by atoms with E-state index in [0.717, 1.165) is 41.0 Å². The van der Waals surface area contributed by atoms with E-state index in [9.17, 15) is 5.11 Å². The fraction of sp³-hybridized carbons (Fsp3) is 0.500. The Kier molecular flexibility index (Phi) is 3.09. The van der Waals surface area contributed by atoms with Gasteiger partial charge in [0.05, 0.1) is 10.2 Å². The molecule has 3 rings (SSSR count). The molecule has 2 aromatic rings. The summed E-state index contributed by atoms with van der Waals surface area (Å²) in [5.74, 6) is 0. The van der Waals surface area contributed by atoms with Gasteiger partial charge in [0, 0.05) is 6.04 Å². The van der Waals surface area contributed by atoms with E-state index < -0.39 is 5.60 Å². The first-order valence-electron chi connectivity index (χ1n) is 6.53. The molecule has 0 radical (unpaired) electrons. The van der Waals surface area contributed by atoms with E-state index in [1.165, 1.54) is 0 Å². The van der Waals surface area contributed by atoms with Crippen LogP contribution in [0.1, 0.15) is 31.2 Å². The molecule has 1 aromatic carbocycles. The van der Waals surface area contributed by atoms with E-state index >= 15 is 0 Å². The summed E-state index contributed by atoms with van der Waals surface area (Å²) in [6.45, 7) is 3.02. The summed E-state index contributed by atoms with van der Waals surface area (Å²) >= 11 is 1.63. The molecule has 96 valence electrons. The Morgan fingerprint density at radius 1 is 1.50 bits per heavy atom. The van der Waals surface area contributed by atoms with Gasteiger partial charge in [-0.15, -0.1) is 11.3 Å². The standard InChI is InChI=1S/C14H18N2OS/c1-2-10-9-14(17,7-8-15-10)13-16-11-5-3-4-6-12(11)18-13/h3-6,10,15,17H,2,7-9H2,1H3. The molecule has 3 nitrogen and oxygen atoms in total. The van der Waals surface area contributed by atoms with Crippen LogP contribution >= 0.6 is 11.3 Å². The second-order valence-corrected chi connectivity index (χ2v) is 6.06. The van der Waals surface area contributed by atoms with Gasteiger partial charge in [0.2, 0.25) is 0 Å². The number of piperidine rings is 1. The van der Waals surface area contributed by atoms with Gasteiger partial charge in [-0.05, 0) is 37.9 Å². The van der Waals surface area contributed by atoms with Gasteiger partial charge in [0.15, 0.2) is 0 Å². The number of nitrogens with zero attached hydrogens (tertiary/aromatic N) is 1. The SMILES string of the molecule is CCC1CC(O)(c2nc3ccccc3s2)CCN1. The zero-order chi connectivity index (χ0) is 12.6. The molecule has 1 aliphatic heterocycles. The average Bonchev–Trinajstić information content (AvgIpc) is 2.83. The molecule has 2 unspecified atom stereocenters. The van der Waals surface area contributed by atoms with Gasteiger partial charge in [-0.3, -0.25) is 0 Å². The van der Waals surface area contributed by atoms with Crippen LogP contribution in [0.2, 0.25) is 0 Å². The molecule has 1 saturated heterocycles. The number of hydrogen-bond donors (Lipinski definition) is 2. The summed E-state index contributed by atoms with van der Waals surface area (Å²) in [6, 6.07) is 8.49. The van der Waals surface area contributed by atoms with Crippen LogP contribution in [0.25, 0.3) is 10.2 Å². The smallest absolute Gasteiger partial charge is 0.126 e. The first-order valence-corrected chi connectivity index (χ1v) is 7.35. The lowest BCUT2D eigenvalue weighted by Crippen LogP contribution is -2.46. The van der Waals surface area contributed by atoms with Gasteiger partial charge in [-0.2, -0.15) is 0 Å². The van der Waals surface area contributed by atoms with Crippen molar-refractivity contribution in [3.63, 3.8) is 0 Å². The van der Waals surface area contributed by atoms with Crippen molar-refractivity contribution in [3.8, 4) is 0 Å². The number of fused-ring (bicyclic) bond motifs is 1. The maximum Gasteiger partial charge on any atom is 0.126 e. The zero-order valence-electron chi connectivity index (χ0n) is 10.5. The second-order valence-electron chi connectivity index (χ2n) is 5.03. The van der Waals surface area contributed by atoms with Crippen molar-refractivity contribution in [2.75, 3.05) is 6.54 Å². The van der Waals surface area contributed by atoms with Crippen molar-refractivity contribution in [2.24, 2.45) is 0 Å². The van der Waals surface area contributed by atoms with Crippen LogP contribution in [0.3, 0.4) is 0 Å². The van der Waals surface area contributed by atoms with E-state index in [2.05, 4.69) is 23.3 Å². The summed E-state index contributed by atoms with van der Waals surface area (Å²) in [5.41, 5.74) is 0.257. The first kappa shape index (κ1) is 12.1. The molecule has 2 N–H and O–H groups in total. The predicted octanol–water partition coefficient (Wildman–Crippen LogP) is 2.65. The van der Waals surface area contributed by atoms with Crippen molar-refractivity contribution in [3.05, 3.63) is 29.3 Å². The van der Waals surface area contributed by atoms with Crippen molar-refractivity contribution in [2.45, 2.75) is 37.8 Å². The highest BCUT2D eigenvalue weighted by Crippen LogP contribution is 2.37. The normalized spacial score (nSPS) is 28.7. The molecule has 2 heterocycles. The van der Waals surface area contributed by atoms with Gasteiger partial charge < -0.3 is 10.4 Å². The van der Waals surface area contributed by atoms with Gasteiger partial charge in [0.1, 0.15) is 10.6 Å². The van der Waals surface area contributed by atoms with Gasteiger partial charge in [-0.25, -0.2) is 4.98 Å². The predicted molar refractivity (Wildman–Crippen MR) is 74.8 cm³/mol. The Bertz CT molecular complexity index is 520. The fourth-order valence-electron chi connectivity index (χ4n) is 2.62. The number of benzene rings is 1. The number of aliphatic hydroxyl groups is 1. The molecule has 0 bridgehead atoms. The third-order valence-corrected chi connectivity index (χ3v) is 4.97. The molecule has 0 aliphatic carbocycles. The Labute approximate surface area is 111 Å². The van der Waals surface area contributed by atoms with Crippen molar-refractivity contribution in [1.82, 2.24) is 10.3 Å². The highest BCUT2D eigenvalue weighted by molar-refractivity contribution is 7.18. The van der Waals surface area contributed by atoms with Crippen LogP contribution in [0, 0.1) is 0 Å². The second kappa shape index (κ2) is 4.61. The quantitative estimate of drug-likeness (QED) is 0.874. The maximum absolute atomic E-state index is 10.9. The van der Waals surface area contributed by atoms with Gasteiger partial charge in [-0.1, -0.05) is 19.1 Å². The molecule has 2 atom stereocenters. The minimum absolute atomic E-state index is 0.399. The number of thiazole rings is 1. The summed E-state index contributed by atoms with van der Waals surface area (Å²) in [4.78, 5) is 4.62. The molecule has 0 spiro atoms. The Morgan fingerprint density at radius 3 is 3.11 bits per heavy atom. The average molecular weight is 262 g/mol. The van der Waals surface area contributed by atoms with Crippen LogP contribution in [0.15, 0.2) is 24.3 Å². The zero-order valence-corrected chi connectivity index (χ0v) is 11.3. The van der Waals surface area contributed by atoms with E-state index in [4.69, 9.17) is 0 Å². The molecule has 1 fully saturated rings. The Balaban J connectivity index is 1.96. The molecule has 1 aromatic heterocycles. The number of hydrogen-bond acceptors (Lipinski definition) is 4. The molecule has 0 amide bonds. The van der Waals surface area contributed by atoms with Crippen LogP contribution in [-0.2, 0) is 5.60 Å². The van der Waals surface area contributed by atoms with E-state index in [-0.39, 0.29) is 0 Å². The molecule has 0 saturated carbocycles. The third-order valence-electron chi connectivity index (χ3n) is 3.74. The van der Waals surface area contributed by atoms with Crippen molar-refractivity contribution in [1.29, 1.82) is 0 Å². The lowest BCUT2D eigenvalue weighted by atomic mass is 9.87. The van der Waals surface area contributed by atoms with Gasteiger partial charge >= 0.3 is 0 Å². The molecule has 1 aliphatic rings. The van der Waals surface area contributed by atoms with Crippen molar-refractivity contribution < 1.29 is 5.11 Å². The summed E-state index contributed by atoms with van der Waals surface area (Å²) < 4.78 is 1.16. The minimum atomic E-state index is -0.740. The number of para-hydroxylation sites is 1. The highest BCUT2D eigenvalue weighted by Gasteiger charge is 2.37. The minimum Gasteiger partial charge on any atom is -0.383 e. The Hall–Kier alpha value is -0.970. The van der Waals surface area contributed by atoms with Gasteiger partial charge in [0.25, 0.3) is 0 Å². The number of nitrogens with one attached hydrogen (secondary N) is 1. The van der Waals surface area contributed by atoms with Crippen LogP contribution in [-0.4, -0.2) is 22.7 Å². The van der Waals surface area contributed by atoms with E-state index in [0.29, 0.717) is 6.04 Å². The maximum atomic E-state index is 10.9. The van der Waals surface area contributed by atoms with E-state index in [1.807, 2.05) is 18.2 Å². The monoisotopic (exact) mass is 262 g/mol. The highest BCUT2D eigenvalue weighted by atomic mass is 32.1. The first-order chi connectivity index (χ1) is 8.71. The topological polar surface area (TPSA) is 45.2 Å². The third kappa shape index (κ3) is 2.05. The van der Waals surface area contributed by atoms with Crippen LogP contribution < -0.4 is 5.32 Å². The summed E-state index contributed by atoms with van der Waals surface area (Å²) in [6.07, 6.45) is 2.57. The molecule has 4 heteroatoms. The van der Waals surface area contributed by atoms with Crippen LogP contribution in [0.4, 0.5) is 0 Å². The Morgan fingerprint density at radius 2 is 2.33 bits per heavy atom. The summed E-state index contributed by atoms with van der Waals surface area (Å²) in [7, 11) is 0.